The van der Waals surface area contributed by atoms with Crippen LogP contribution in [0.3, 0.4) is 0 Å². The molecule has 11 heteroatoms. The minimum atomic E-state index is -1.06. The standard InChI is InChI=1S/C39H55NO10/c1-25-26(2)34(48-30(6)41)38(47-29(25)5)49-33-27(3)28(4)37(50-35(33)36(42)44-7)45-22-16-10-15-21-40(23-31-17-11-8-12-18-31)39(43)46-24-32-19-13-9-14-20-32/h8-9,11-14,17-20,25-29,33-35,37-38H,10,15-16,21-24H2,1-7H3/t25-,26?,27-,28?,29+,33-,34?,35?,37+,38+/m1/s1. The van der Waals surface area contributed by atoms with Crippen LogP contribution in [0.5, 0.6) is 0 Å². The van der Waals surface area contributed by atoms with E-state index in [-0.39, 0.29) is 42.5 Å². The van der Waals surface area contributed by atoms with Gasteiger partial charge in [-0.15, -0.1) is 0 Å². The molecular weight excluding hydrogens is 642 g/mol. The molecule has 276 valence electrons. The molecule has 50 heavy (non-hydrogen) atoms. The molecule has 10 atom stereocenters. The third-order valence-corrected chi connectivity index (χ3v) is 10.1. The fraction of sp³-hybridized carbons (Fsp3) is 0.615. The van der Waals surface area contributed by atoms with Gasteiger partial charge in [0, 0.05) is 38.5 Å². The van der Waals surface area contributed by atoms with Crippen molar-refractivity contribution in [3.63, 3.8) is 0 Å². The first-order chi connectivity index (χ1) is 24.0. The summed E-state index contributed by atoms with van der Waals surface area (Å²) in [6.45, 7) is 13.0. The van der Waals surface area contributed by atoms with Crippen molar-refractivity contribution in [1.29, 1.82) is 0 Å². The van der Waals surface area contributed by atoms with Crippen molar-refractivity contribution in [3.8, 4) is 0 Å². The minimum absolute atomic E-state index is 0.0251. The molecule has 0 aliphatic carbocycles. The second-order valence-electron chi connectivity index (χ2n) is 13.6. The molecule has 11 nitrogen and oxygen atoms in total. The maximum Gasteiger partial charge on any atom is 0.410 e. The van der Waals surface area contributed by atoms with Gasteiger partial charge in [-0.05, 0) is 49.1 Å². The van der Waals surface area contributed by atoms with Gasteiger partial charge in [0.1, 0.15) is 12.7 Å². The van der Waals surface area contributed by atoms with Gasteiger partial charge in [0.25, 0.3) is 0 Å². The average Bonchev–Trinajstić information content (AvgIpc) is 3.11. The summed E-state index contributed by atoms with van der Waals surface area (Å²) in [5.41, 5.74) is 1.97. The first kappa shape index (κ1) is 39.3. The lowest BCUT2D eigenvalue weighted by atomic mass is 9.82. The highest BCUT2D eigenvalue weighted by atomic mass is 16.7. The third-order valence-electron chi connectivity index (χ3n) is 10.1. The van der Waals surface area contributed by atoms with Gasteiger partial charge >= 0.3 is 18.0 Å². The lowest BCUT2D eigenvalue weighted by Gasteiger charge is -2.47. The zero-order valence-corrected chi connectivity index (χ0v) is 30.5. The Morgan fingerprint density at radius 3 is 2.02 bits per heavy atom. The molecule has 4 unspecified atom stereocenters. The Hall–Kier alpha value is -3.51. The summed E-state index contributed by atoms with van der Waals surface area (Å²) in [5, 5.41) is 0. The highest BCUT2D eigenvalue weighted by molar-refractivity contribution is 5.75. The number of esters is 2. The molecule has 0 saturated carbocycles. The SMILES string of the molecule is COC(=O)C1O[C@H](OCCCCCN(Cc2ccccc2)C(=O)OCc2ccccc2)C(C)[C@@H](C)[C@H]1O[C@@H]1O[C@@H](C)[C@H](C)C(C)C1OC(C)=O. The van der Waals surface area contributed by atoms with E-state index in [1.807, 2.05) is 88.4 Å². The fourth-order valence-corrected chi connectivity index (χ4v) is 6.50. The largest absolute Gasteiger partial charge is 0.467 e. The van der Waals surface area contributed by atoms with Crippen molar-refractivity contribution in [2.24, 2.45) is 23.7 Å². The van der Waals surface area contributed by atoms with Gasteiger partial charge in [0.2, 0.25) is 0 Å². The average molecular weight is 698 g/mol. The van der Waals surface area contributed by atoms with Crippen molar-refractivity contribution in [3.05, 3.63) is 71.8 Å². The van der Waals surface area contributed by atoms with E-state index in [4.69, 9.17) is 33.2 Å². The number of hydrogen-bond donors (Lipinski definition) is 0. The maximum absolute atomic E-state index is 13.1. The number of carbonyl (C=O) groups is 3. The van der Waals surface area contributed by atoms with Crippen LogP contribution in [0.1, 0.15) is 71.9 Å². The Kier molecular flexibility index (Phi) is 15.1. The summed E-state index contributed by atoms with van der Waals surface area (Å²) in [4.78, 5) is 39.8. The molecule has 4 rings (SSSR count). The van der Waals surface area contributed by atoms with Crippen LogP contribution >= 0.6 is 0 Å². The molecule has 0 bridgehead atoms. The summed E-state index contributed by atoms with van der Waals surface area (Å²) >= 11 is 0. The minimum Gasteiger partial charge on any atom is -0.467 e. The number of methoxy groups -OCH3 is 1. The molecule has 2 aromatic carbocycles. The van der Waals surface area contributed by atoms with Crippen molar-refractivity contribution in [2.75, 3.05) is 20.3 Å². The molecule has 2 heterocycles. The zero-order chi connectivity index (χ0) is 36.2. The quantitative estimate of drug-likeness (QED) is 0.116. The normalized spacial score (nSPS) is 29.5. The van der Waals surface area contributed by atoms with Gasteiger partial charge in [-0.1, -0.05) is 88.4 Å². The van der Waals surface area contributed by atoms with E-state index in [2.05, 4.69) is 6.92 Å². The number of rotatable bonds is 15. The highest BCUT2D eigenvalue weighted by Crippen LogP contribution is 2.39. The number of hydrogen-bond acceptors (Lipinski definition) is 10. The van der Waals surface area contributed by atoms with Gasteiger partial charge in [-0.25, -0.2) is 9.59 Å². The topological polar surface area (TPSA) is 119 Å². The van der Waals surface area contributed by atoms with E-state index in [1.54, 1.807) is 4.90 Å². The van der Waals surface area contributed by atoms with Gasteiger partial charge < -0.3 is 38.1 Å². The van der Waals surface area contributed by atoms with Crippen LogP contribution in [-0.2, 0) is 55.9 Å². The maximum atomic E-state index is 13.1. The van der Waals surface area contributed by atoms with E-state index in [0.717, 1.165) is 30.4 Å². The number of unbranched alkanes of at least 4 members (excludes halogenated alkanes) is 2. The van der Waals surface area contributed by atoms with E-state index in [0.29, 0.717) is 19.7 Å². The molecule has 2 saturated heterocycles. The van der Waals surface area contributed by atoms with Crippen LogP contribution in [-0.4, -0.2) is 80.2 Å². The third kappa shape index (κ3) is 10.7. The molecular formula is C39H55NO10. The number of carbonyl (C=O) groups excluding carboxylic acids is 3. The Labute approximate surface area is 296 Å². The number of nitrogens with zero attached hydrogens (tertiary/aromatic N) is 1. The second-order valence-corrected chi connectivity index (χ2v) is 13.6. The number of benzene rings is 2. The molecule has 0 radical (unpaired) electrons. The van der Waals surface area contributed by atoms with E-state index in [1.165, 1.54) is 14.0 Å². The Morgan fingerprint density at radius 2 is 1.38 bits per heavy atom. The summed E-state index contributed by atoms with van der Waals surface area (Å²) in [6, 6.07) is 19.5. The van der Waals surface area contributed by atoms with Crippen LogP contribution in [0.15, 0.2) is 60.7 Å². The van der Waals surface area contributed by atoms with Crippen LogP contribution in [0.4, 0.5) is 4.79 Å². The number of ether oxygens (including phenoxy) is 7. The van der Waals surface area contributed by atoms with Crippen molar-refractivity contribution in [2.45, 2.75) is 111 Å². The fourth-order valence-electron chi connectivity index (χ4n) is 6.50. The van der Waals surface area contributed by atoms with Crippen molar-refractivity contribution < 1.29 is 47.5 Å². The summed E-state index contributed by atoms with van der Waals surface area (Å²) < 4.78 is 41.5. The number of amides is 1. The lowest BCUT2D eigenvalue weighted by molar-refractivity contribution is -0.328. The smallest absolute Gasteiger partial charge is 0.410 e. The molecule has 2 aromatic rings. The molecule has 2 fully saturated rings. The molecule has 2 aliphatic heterocycles. The molecule has 2 aliphatic rings. The summed E-state index contributed by atoms with van der Waals surface area (Å²) in [5.74, 6) is -1.21. The predicted molar refractivity (Wildman–Crippen MR) is 185 cm³/mol. The summed E-state index contributed by atoms with van der Waals surface area (Å²) in [7, 11) is 1.31. The van der Waals surface area contributed by atoms with Crippen molar-refractivity contribution in [1.82, 2.24) is 4.90 Å². The van der Waals surface area contributed by atoms with Gasteiger partial charge in [-0.2, -0.15) is 0 Å². The molecule has 1 amide bonds. The van der Waals surface area contributed by atoms with E-state index in [9.17, 15) is 14.4 Å². The van der Waals surface area contributed by atoms with Crippen LogP contribution < -0.4 is 0 Å². The Balaban J connectivity index is 1.30. The van der Waals surface area contributed by atoms with E-state index >= 15 is 0 Å². The first-order valence-electron chi connectivity index (χ1n) is 17.8. The van der Waals surface area contributed by atoms with Crippen LogP contribution in [0.2, 0.25) is 0 Å². The highest BCUT2D eigenvalue weighted by Gasteiger charge is 2.51. The van der Waals surface area contributed by atoms with Crippen LogP contribution in [0.25, 0.3) is 0 Å². The molecule has 0 aromatic heterocycles. The predicted octanol–water partition coefficient (Wildman–Crippen LogP) is 6.52. The van der Waals surface area contributed by atoms with Crippen molar-refractivity contribution >= 4 is 18.0 Å². The Bertz CT molecular complexity index is 1340. The van der Waals surface area contributed by atoms with Gasteiger partial charge in [-0.3, -0.25) is 4.79 Å². The van der Waals surface area contributed by atoms with E-state index < -0.39 is 42.8 Å². The van der Waals surface area contributed by atoms with Gasteiger partial charge in [0.05, 0.1) is 13.2 Å². The summed E-state index contributed by atoms with van der Waals surface area (Å²) in [6.07, 6.45) is -2.14. The van der Waals surface area contributed by atoms with Crippen LogP contribution in [0, 0.1) is 23.7 Å². The molecule has 0 spiro atoms. The lowest BCUT2D eigenvalue weighted by Crippen LogP contribution is -2.59. The monoisotopic (exact) mass is 697 g/mol. The molecule has 0 N–H and O–H groups in total. The second kappa shape index (κ2) is 19.2. The first-order valence-corrected chi connectivity index (χ1v) is 17.8. The van der Waals surface area contributed by atoms with Gasteiger partial charge in [0.15, 0.2) is 24.8 Å². The zero-order valence-electron chi connectivity index (χ0n) is 30.5. The Morgan fingerprint density at radius 1 is 0.740 bits per heavy atom.